The molecular formula is C7H12NOPS2. The Hall–Kier alpha value is 0.480. The molecule has 12 heavy (non-hydrogen) atoms. The zero-order valence-corrected chi connectivity index (χ0v) is 9.72. The predicted molar refractivity (Wildman–Crippen MR) is 58.7 cm³/mol. The normalized spacial score (nSPS) is 36.3. The van der Waals surface area contributed by atoms with E-state index in [4.69, 9.17) is 22.8 Å². The zero-order chi connectivity index (χ0) is 9.19. The summed E-state index contributed by atoms with van der Waals surface area (Å²) < 4.78 is 7.60. The highest BCUT2D eigenvalue weighted by molar-refractivity contribution is 8.68. The van der Waals surface area contributed by atoms with Crippen LogP contribution in [0.25, 0.3) is 0 Å². The topological polar surface area (TPSA) is 12.5 Å². The van der Waals surface area contributed by atoms with E-state index >= 15 is 0 Å². The first-order valence-electron chi connectivity index (χ1n) is 3.61. The van der Waals surface area contributed by atoms with E-state index in [0.717, 1.165) is 5.75 Å². The first-order chi connectivity index (χ1) is 5.58. The largest absolute Gasteiger partial charge is 0.329 e. The van der Waals surface area contributed by atoms with Crippen molar-refractivity contribution >= 4 is 28.8 Å². The van der Waals surface area contributed by atoms with Crippen molar-refractivity contribution in [1.29, 1.82) is 0 Å². The second-order valence-electron chi connectivity index (χ2n) is 2.77. The van der Waals surface area contributed by atoms with Gasteiger partial charge in [-0.25, -0.2) is 0 Å². The Kier molecular flexibility index (Phi) is 3.63. The van der Waals surface area contributed by atoms with Gasteiger partial charge < -0.3 is 4.52 Å². The summed E-state index contributed by atoms with van der Waals surface area (Å²) in [5.74, 6) is 3.87. The van der Waals surface area contributed by atoms with E-state index < -0.39 is 5.62 Å². The van der Waals surface area contributed by atoms with E-state index in [9.17, 15) is 0 Å². The third-order valence-electron chi connectivity index (χ3n) is 1.60. The van der Waals surface area contributed by atoms with E-state index in [1.807, 2.05) is 18.8 Å². The predicted octanol–water partition coefficient (Wildman–Crippen LogP) is 1.79. The van der Waals surface area contributed by atoms with Crippen molar-refractivity contribution in [3.05, 3.63) is 0 Å². The molecule has 0 aliphatic carbocycles. The highest BCUT2D eigenvalue weighted by atomic mass is 32.9. The van der Waals surface area contributed by atoms with Gasteiger partial charge in [0, 0.05) is 5.75 Å². The van der Waals surface area contributed by atoms with Crippen molar-refractivity contribution in [1.82, 2.24) is 4.67 Å². The Labute approximate surface area is 82.9 Å². The summed E-state index contributed by atoms with van der Waals surface area (Å²) in [5, 5.41) is 0. The lowest BCUT2D eigenvalue weighted by Crippen LogP contribution is -2.19. The van der Waals surface area contributed by atoms with E-state index in [1.54, 1.807) is 11.4 Å². The lowest BCUT2D eigenvalue weighted by atomic mass is 10.2. The summed E-state index contributed by atoms with van der Waals surface area (Å²) in [7, 11) is 3.92. The zero-order valence-electron chi connectivity index (χ0n) is 7.19. The quantitative estimate of drug-likeness (QED) is 0.494. The van der Waals surface area contributed by atoms with Crippen molar-refractivity contribution in [2.24, 2.45) is 5.92 Å². The van der Waals surface area contributed by atoms with Crippen LogP contribution in [0.2, 0.25) is 0 Å². The third-order valence-corrected chi connectivity index (χ3v) is 8.90. The average Bonchev–Trinajstić information content (AvgIpc) is 2.06. The van der Waals surface area contributed by atoms with Crippen molar-refractivity contribution < 1.29 is 4.52 Å². The van der Waals surface area contributed by atoms with Gasteiger partial charge in [-0.1, -0.05) is 11.4 Å². The van der Waals surface area contributed by atoms with Crippen LogP contribution >= 0.6 is 17.0 Å². The molecule has 2 unspecified atom stereocenters. The van der Waals surface area contributed by atoms with E-state index in [0.29, 0.717) is 6.61 Å². The molecule has 0 aromatic rings. The molecule has 0 bridgehead atoms. The van der Waals surface area contributed by atoms with E-state index in [2.05, 4.69) is 5.92 Å². The van der Waals surface area contributed by atoms with Crippen molar-refractivity contribution in [2.45, 2.75) is 0 Å². The van der Waals surface area contributed by atoms with Crippen LogP contribution in [0.5, 0.6) is 0 Å². The summed E-state index contributed by atoms with van der Waals surface area (Å²) in [6, 6.07) is 0. The maximum atomic E-state index is 5.60. The van der Waals surface area contributed by atoms with Crippen LogP contribution in [0.4, 0.5) is 0 Å². The molecule has 5 heteroatoms. The highest BCUT2D eigenvalue weighted by Crippen LogP contribution is 2.64. The molecule has 1 saturated heterocycles. The van der Waals surface area contributed by atoms with Crippen LogP contribution in [0.1, 0.15) is 0 Å². The molecule has 0 radical (unpaired) electrons. The first-order valence-corrected chi connectivity index (χ1v) is 7.88. The average molecular weight is 221 g/mol. The first kappa shape index (κ1) is 10.6. The van der Waals surface area contributed by atoms with Gasteiger partial charge in [0.05, 0.1) is 12.5 Å². The molecule has 1 fully saturated rings. The van der Waals surface area contributed by atoms with Gasteiger partial charge in [-0.3, -0.25) is 4.67 Å². The standard InChI is InChI=1S/C7H12NOPS2/c1-4-7-5-9-10(11,8(2)3)12-6-7/h1,7H,5-6H2,2-3H3. The molecule has 0 saturated carbocycles. The van der Waals surface area contributed by atoms with Crippen molar-refractivity contribution in [3.8, 4) is 12.3 Å². The fourth-order valence-corrected chi connectivity index (χ4v) is 5.18. The van der Waals surface area contributed by atoms with Crippen LogP contribution < -0.4 is 0 Å². The van der Waals surface area contributed by atoms with Gasteiger partial charge in [-0.05, 0) is 25.9 Å². The van der Waals surface area contributed by atoms with Gasteiger partial charge in [0.2, 0.25) is 0 Å². The minimum atomic E-state index is -1.75. The van der Waals surface area contributed by atoms with E-state index in [-0.39, 0.29) is 5.92 Å². The number of rotatable bonds is 1. The summed E-state index contributed by atoms with van der Waals surface area (Å²) >= 11 is 7.08. The molecule has 0 N–H and O–H groups in total. The Morgan fingerprint density at radius 1 is 1.75 bits per heavy atom. The molecule has 1 heterocycles. The molecule has 1 aliphatic rings. The minimum absolute atomic E-state index is 0.242. The molecular weight excluding hydrogens is 209 g/mol. The van der Waals surface area contributed by atoms with Gasteiger partial charge in [-0.15, -0.1) is 12.3 Å². The lowest BCUT2D eigenvalue weighted by Gasteiger charge is -2.33. The highest BCUT2D eigenvalue weighted by Gasteiger charge is 2.28. The molecule has 0 amide bonds. The molecule has 0 aromatic heterocycles. The Morgan fingerprint density at radius 2 is 2.42 bits per heavy atom. The Balaban J connectivity index is 2.57. The van der Waals surface area contributed by atoms with Crippen LogP contribution in [0, 0.1) is 18.3 Å². The summed E-state index contributed by atoms with van der Waals surface area (Å²) in [5.41, 5.74) is -1.75. The Morgan fingerprint density at radius 3 is 2.75 bits per heavy atom. The second kappa shape index (κ2) is 4.13. The molecule has 1 rings (SSSR count). The fourth-order valence-electron chi connectivity index (χ4n) is 0.781. The molecule has 2 atom stereocenters. The fraction of sp³-hybridized carbons (Fsp3) is 0.714. The number of terminal acetylenes is 1. The smallest absolute Gasteiger partial charge is 0.188 e. The second-order valence-corrected chi connectivity index (χ2v) is 9.80. The number of hydrogen-bond acceptors (Lipinski definition) is 3. The SMILES string of the molecule is C#CC1COP(=S)(N(C)C)SC1. The van der Waals surface area contributed by atoms with Gasteiger partial charge in [0.1, 0.15) is 0 Å². The molecule has 1 aliphatic heterocycles. The van der Waals surface area contributed by atoms with Gasteiger partial charge in [0.15, 0.2) is 5.62 Å². The van der Waals surface area contributed by atoms with Crippen LogP contribution in [-0.4, -0.2) is 31.1 Å². The van der Waals surface area contributed by atoms with Crippen LogP contribution in [-0.2, 0) is 16.3 Å². The van der Waals surface area contributed by atoms with Gasteiger partial charge >= 0.3 is 0 Å². The molecule has 68 valence electrons. The van der Waals surface area contributed by atoms with Crippen molar-refractivity contribution in [2.75, 3.05) is 26.5 Å². The minimum Gasteiger partial charge on any atom is -0.329 e. The monoisotopic (exact) mass is 221 g/mol. The molecule has 0 aromatic carbocycles. The Bertz CT molecular complexity index is 236. The van der Waals surface area contributed by atoms with Gasteiger partial charge in [0.25, 0.3) is 0 Å². The third kappa shape index (κ3) is 2.25. The van der Waals surface area contributed by atoms with Crippen LogP contribution in [0.15, 0.2) is 0 Å². The molecule has 0 spiro atoms. The summed E-state index contributed by atoms with van der Waals surface area (Å²) in [6.45, 7) is 0.624. The summed E-state index contributed by atoms with van der Waals surface area (Å²) in [6.07, 6.45) is 5.29. The van der Waals surface area contributed by atoms with Crippen molar-refractivity contribution in [3.63, 3.8) is 0 Å². The van der Waals surface area contributed by atoms with E-state index in [1.165, 1.54) is 0 Å². The summed E-state index contributed by atoms with van der Waals surface area (Å²) in [4.78, 5) is 0. The lowest BCUT2D eigenvalue weighted by molar-refractivity contribution is 0.303. The van der Waals surface area contributed by atoms with Gasteiger partial charge in [-0.2, -0.15) is 0 Å². The molecule has 2 nitrogen and oxygen atoms in total. The number of hydrogen-bond donors (Lipinski definition) is 0. The number of nitrogens with zero attached hydrogens (tertiary/aromatic N) is 1. The van der Waals surface area contributed by atoms with Crippen LogP contribution in [0.3, 0.4) is 0 Å². The maximum absolute atomic E-state index is 5.60. The maximum Gasteiger partial charge on any atom is 0.188 e.